The third-order valence-corrected chi connectivity index (χ3v) is 3.63. The van der Waals surface area contributed by atoms with Crippen LogP contribution in [0.1, 0.15) is 26.2 Å². The van der Waals surface area contributed by atoms with E-state index in [4.69, 9.17) is 23.2 Å². The van der Waals surface area contributed by atoms with Crippen molar-refractivity contribution in [1.82, 2.24) is 5.32 Å². The Bertz CT molecular complexity index is 514. The molecule has 1 aliphatic rings. The number of amides is 2. The molecule has 0 saturated carbocycles. The van der Waals surface area contributed by atoms with Crippen LogP contribution in [0.3, 0.4) is 0 Å². The van der Waals surface area contributed by atoms with Crippen molar-refractivity contribution in [3.63, 3.8) is 0 Å². The Morgan fingerprint density at radius 2 is 1.90 bits per heavy atom. The molecule has 0 aliphatic carbocycles. The van der Waals surface area contributed by atoms with Gasteiger partial charge in [0, 0.05) is 28.7 Å². The maximum atomic E-state index is 12.5. The molecule has 0 aromatic heterocycles. The summed E-state index contributed by atoms with van der Waals surface area (Å²) in [5, 5.41) is 3.70. The van der Waals surface area contributed by atoms with Gasteiger partial charge in [-0.3, -0.25) is 9.59 Å². The molecule has 0 radical (unpaired) electrons. The molecule has 1 aromatic carbocycles. The average molecular weight is 315 g/mol. The summed E-state index contributed by atoms with van der Waals surface area (Å²) in [5.41, 5.74) is 0.630. The SMILES string of the molecule is CCCC1NC(=O)CCN(c2cc(Cl)cc(Cl)c2)C1=O. The molecule has 1 atom stereocenters. The third kappa shape index (κ3) is 3.44. The lowest BCUT2D eigenvalue weighted by Gasteiger charge is -2.24. The normalized spacial score (nSPS) is 19.8. The highest BCUT2D eigenvalue weighted by Gasteiger charge is 2.30. The molecule has 1 saturated heterocycles. The van der Waals surface area contributed by atoms with Crippen molar-refractivity contribution in [2.24, 2.45) is 0 Å². The van der Waals surface area contributed by atoms with Crippen molar-refractivity contribution >= 4 is 40.7 Å². The highest BCUT2D eigenvalue weighted by Crippen LogP contribution is 2.27. The van der Waals surface area contributed by atoms with Crippen molar-refractivity contribution in [1.29, 1.82) is 0 Å². The topological polar surface area (TPSA) is 49.4 Å². The standard InChI is InChI=1S/C14H16Cl2N2O2/c1-2-3-12-14(20)18(5-4-13(19)17-12)11-7-9(15)6-10(16)8-11/h6-8,12H,2-5H2,1H3,(H,17,19). The molecule has 1 fully saturated rings. The summed E-state index contributed by atoms with van der Waals surface area (Å²) in [4.78, 5) is 25.8. The molecular formula is C14H16Cl2N2O2. The first kappa shape index (κ1) is 15.1. The smallest absolute Gasteiger partial charge is 0.249 e. The van der Waals surface area contributed by atoms with Crippen LogP contribution in [0, 0.1) is 0 Å². The molecule has 0 spiro atoms. The van der Waals surface area contributed by atoms with Gasteiger partial charge >= 0.3 is 0 Å². The Hall–Kier alpha value is -1.26. The van der Waals surface area contributed by atoms with Crippen LogP contribution in [0.25, 0.3) is 0 Å². The number of nitrogens with zero attached hydrogens (tertiary/aromatic N) is 1. The molecule has 1 N–H and O–H groups in total. The Labute approximate surface area is 128 Å². The van der Waals surface area contributed by atoms with E-state index < -0.39 is 6.04 Å². The molecule has 1 unspecified atom stereocenters. The average Bonchev–Trinajstić information content (AvgIpc) is 2.49. The van der Waals surface area contributed by atoms with E-state index in [2.05, 4.69) is 5.32 Å². The molecule has 1 heterocycles. The maximum Gasteiger partial charge on any atom is 0.249 e. The van der Waals surface area contributed by atoms with E-state index in [0.29, 0.717) is 28.7 Å². The molecule has 108 valence electrons. The molecule has 4 nitrogen and oxygen atoms in total. The van der Waals surface area contributed by atoms with Crippen LogP contribution in [0.4, 0.5) is 5.69 Å². The minimum Gasteiger partial charge on any atom is -0.344 e. The van der Waals surface area contributed by atoms with Crippen LogP contribution in [0.2, 0.25) is 10.0 Å². The second-order valence-corrected chi connectivity index (χ2v) is 5.65. The highest BCUT2D eigenvalue weighted by molar-refractivity contribution is 6.35. The van der Waals surface area contributed by atoms with Gasteiger partial charge in [-0.05, 0) is 24.6 Å². The number of anilines is 1. The van der Waals surface area contributed by atoms with E-state index in [-0.39, 0.29) is 18.2 Å². The molecule has 0 bridgehead atoms. The van der Waals surface area contributed by atoms with Crippen molar-refractivity contribution < 1.29 is 9.59 Å². The van der Waals surface area contributed by atoms with Gasteiger partial charge in [-0.1, -0.05) is 36.5 Å². The molecule has 2 amide bonds. The minimum absolute atomic E-state index is 0.104. The van der Waals surface area contributed by atoms with Gasteiger partial charge in [-0.2, -0.15) is 0 Å². The Balaban J connectivity index is 2.33. The van der Waals surface area contributed by atoms with Gasteiger partial charge < -0.3 is 10.2 Å². The van der Waals surface area contributed by atoms with Crippen LogP contribution in [-0.4, -0.2) is 24.4 Å². The summed E-state index contributed by atoms with van der Waals surface area (Å²) in [5.74, 6) is -0.219. The van der Waals surface area contributed by atoms with E-state index >= 15 is 0 Å². The first-order valence-electron chi connectivity index (χ1n) is 6.58. The number of halogens is 2. The molecule has 6 heteroatoms. The minimum atomic E-state index is -0.479. The Kier molecular flexibility index (Phi) is 4.89. The number of benzene rings is 1. The number of carbonyl (C=O) groups excluding carboxylic acids is 2. The summed E-state index contributed by atoms with van der Waals surface area (Å²) in [6.07, 6.45) is 1.71. The van der Waals surface area contributed by atoms with E-state index in [1.54, 1.807) is 23.1 Å². The first-order chi connectivity index (χ1) is 9.51. The maximum absolute atomic E-state index is 12.5. The van der Waals surface area contributed by atoms with E-state index in [0.717, 1.165) is 6.42 Å². The van der Waals surface area contributed by atoms with Gasteiger partial charge in [0.2, 0.25) is 11.8 Å². The number of nitrogens with one attached hydrogen (secondary N) is 1. The molecule has 2 rings (SSSR count). The zero-order chi connectivity index (χ0) is 14.7. The highest BCUT2D eigenvalue weighted by atomic mass is 35.5. The van der Waals surface area contributed by atoms with Crippen LogP contribution in [-0.2, 0) is 9.59 Å². The number of hydrogen-bond donors (Lipinski definition) is 1. The van der Waals surface area contributed by atoms with E-state index in [1.807, 2.05) is 6.92 Å². The molecular weight excluding hydrogens is 299 g/mol. The van der Waals surface area contributed by atoms with Crippen LogP contribution >= 0.6 is 23.2 Å². The van der Waals surface area contributed by atoms with Crippen LogP contribution in [0.15, 0.2) is 18.2 Å². The molecule has 1 aliphatic heterocycles. The Morgan fingerprint density at radius 3 is 2.50 bits per heavy atom. The van der Waals surface area contributed by atoms with Gasteiger partial charge in [0.15, 0.2) is 0 Å². The number of carbonyl (C=O) groups is 2. The van der Waals surface area contributed by atoms with Gasteiger partial charge in [0.1, 0.15) is 6.04 Å². The van der Waals surface area contributed by atoms with Crippen LogP contribution < -0.4 is 10.2 Å². The van der Waals surface area contributed by atoms with E-state index in [9.17, 15) is 9.59 Å². The van der Waals surface area contributed by atoms with Gasteiger partial charge in [0.25, 0.3) is 0 Å². The summed E-state index contributed by atoms with van der Waals surface area (Å²) in [7, 11) is 0. The monoisotopic (exact) mass is 314 g/mol. The van der Waals surface area contributed by atoms with E-state index in [1.165, 1.54) is 0 Å². The second kappa shape index (κ2) is 6.46. The fourth-order valence-corrected chi connectivity index (χ4v) is 2.79. The number of rotatable bonds is 3. The van der Waals surface area contributed by atoms with Gasteiger partial charge in [-0.15, -0.1) is 0 Å². The molecule has 1 aromatic rings. The summed E-state index contributed by atoms with van der Waals surface area (Å²) in [6.45, 7) is 2.31. The fraction of sp³-hybridized carbons (Fsp3) is 0.429. The van der Waals surface area contributed by atoms with Crippen molar-refractivity contribution in [2.75, 3.05) is 11.4 Å². The lowest BCUT2D eigenvalue weighted by molar-refractivity contribution is -0.125. The van der Waals surface area contributed by atoms with Crippen LogP contribution in [0.5, 0.6) is 0 Å². The predicted octanol–water partition coefficient (Wildman–Crippen LogP) is 3.02. The lowest BCUT2D eigenvalue weighted by atomic mass is 10.1. The fourth-order valence-electron chi connectivity index (χ4n) is 2.28. The van der Waals surface area contributed by atoms with Crippen molar-refractivity contribution in [3.8, 4) is 0 Å². The second-order valence-electron chi connectivity index (χ2n) is 4.78. The van der Waals surface area contributed by atoms with Crippen molar-refractivity contribution in [3.05, 3.63) is 28.2 Å². The summed E-state index contributed by atoms with van der Waals surface area (Å²) >= 11 is 12.0. The lowest BCUT2D eigenvalue weighted by Crippen LogP contribution is -2.44. The summed E-state index contributed by atoms with van der Waals surface area (Å²) < 4.78 is 0. The van der Waals surface area contributed by atoms with Crippen molar-refractivity contribution in [2.45, 2.75) is 32.2 Å². The number of hydrogen-bond acceptors (Lipinski definition) is 2. The molecule has 20 heavy (non-hydrogen) atoms. The zero-order valence-electron chi connectivity index (χ0n) is 11.2. The zero-order valence-corrected chi connectivity index (χ0v) is 12.7. The summed E-state index contributed by atoms with van der Waals surface area (Å²) in [6, 6.07) is 4.50. The largest absolute Gasteiger partial charge is 0.344 e. The quantitative estimate of drug-likeness (QED) is 0.932. The first-order valence-corrected chi connectivity index (χ1v) is 7.33. The predicted molar refractivity (Wildman–Crippen MR) is 80.3 cm³/mol. The van der Waals surface area contributed by atoms with Gasteiger partial charge in [-0.25, -0.2) is 0 Å². The third-order valence-electron chi connectivity index (χ3n) is 3.20. The van der Waals surface area contributed by atoms with Gasteiger partial charge in [0.05, 0.1) is 0 Å². The Morgan fingerprint density at radius 1 is 1.25 bits per heavy atom.